The van der Waals surface area contributed by atoms with Crippen molar-refractivity contribution in [2.45, 2.75) is 0 Å². The third-order valence-corrected chi connectivity index (χ3v) is 0.846. The molecular weight excluding hydrogens is 390 g/mol. The van der Waals surface area contributed by atoms with Crippen LogP contribution in [0.15, 0.2) is 0 Å². The van der Waals surface area contributed by atoms with Crippen molar-refractivity contribution in [2.75, 3.05) is 26.3 Å². The second-order valence-electron chi connectivity index (χ2n) is 1.68. The quantitative estimate of drug-likeness (QED) is 0.457. The van der Waals surface area contributed by atoms with Gasteiger partial charge in [0, 0.05) is 13.1 Å². The molecule has 1 aliphatic rings. The summed E-state index contributed by atoms with van der Waals surface area (Å²) < 4.78 is 20.6. The molecule has 1 rings (SSSR count). The minimum absolute atomic E-state index is 0. The molecule has 0 aromatic heterocycles. The molecule has 0 radical (unpaired) electrons. The molecule has 1 fully saturated rings. The standard InChI is InChI=1S/C4H9NO.2ClH.H3N.2H2O.Pt/c1-3-6-4-2-5-1;;;;;;/h5H,1-4H2;2*1H;1H3;2*1H2;/q;;;;;;+4/p-4. The van der Waals surface area contributed by atoms with E-state index in [1.165, 1.54) is 0 Å². The Morgan fingerprint density at radius 3 is 1.58 bits per heavy atom. The first-order chi connectivity index (χ1) is 5.00. The maximum atomic E-state index is 7.79. The summed E-state index contributed by atoms with van der Waals surface area (Å²) in [6, 6.07) is 0. The molecule has 1 heterocycles. The number of nitrogens with one attached hydrogen (secondary N) is 1. The van der Waals surface area contributed by atoms with Crippen molar-refractivity contribution in [1.82, 2.24) is 11.5 Å². The van der Waals surface area contributed by atoms with E-state index in [0.29, 0.717) is 0 Å². The van der Waals surface area contributed by atoms with Crippen LogP contribution in [-0.4, -0.2) is 33.8 Å². The first-order valence-corrected chi connectivity index (χ1v) is 10.5. The summed E-state index contributed by atoms with van der Waals surface area (Å²) in [5.41, 5.74) is 0. The van der Waals surface area contributed by atoms with Gasteiger partial charge in [-0.05, 0) is 0 Å². The molecule has 12 heavy (non-hydrogen) atoms. The molecule has 0 bridgehead atoms. The van der Waals surface area contributed by atoms with Crippen molar-refractivity contribution in [3.63, 3.8) is 0 Å². The number of ether oxygens (including phenoxy) is 1. The molecule has 1 saturated heterocycles. The molecule has 1 aliphatic heterocycles. The van der Waals surface area contributed by atoms with E-state index in [4.69, 9.17) is 12.3 Å². The van der Waals surface area contributed by atoms with E-state index < -0.39 is 14.7 Å². The molecule has 8 heteroatoms. The van der Waals surface area contributed by atoms with Crippen molar-refractivity contribution < 1.29 is 27.0 Å². The summed E-state index contributed by atoms with van der Waals surface area (Å²) >= 11 is -4.00. The predicted molar refractivity (Wildman–Crippen MR) is 44.9 cm³/mol. The maximum absolute atomic E-state index is 7.79. The fourth-order valence-corrected chi connectivity index (χ4v) is 0.516. The van der Waals surface area contributed by atoms with Crippen molar-refractivity contribution in [2.24, 2.45) is 0 Å². The topological polar surface area (TPSA) is 96.7 Å². The average Bonchev–Trinajstić information content (AvgIpc) is 1.88. The van der Waals surface area contributed by atoms with Crippen LogP contribution in [0.5, 0.6) is 0 Å². The molecule has 5 nitrogen and oxygen atoms in total. The Balaban J connectivity index is 0. The Hall–Kier alpha value is 1.07. The van der Waals surface area contributed by atoms with Gasteiger partial charge in [0.2, 0.25) is 0 Å². The summed E-state index contributed by atoms with van der Waals surface area (Å²) in [6.45, 7) is 3.83. The van der Waals surface area contributed by atoms with E-state index in [2.05, 4.69) is 24.2 Å². The number of halogens is 2. The van der Waals surface area contributed by atoms with Crippen LogP contribution in [0, 0.1) is 0 Å². The molecule has 0 amide bonds. The minimum atomic E-state index is -4.00. The number of hydrogen-bond acceptors (Lipinski definition) is 5. The Kier molecular flexibility index (Phi) is 11.2. The molecule has 0 saturated carbocycles. The Morgan fingerprint density at radius 1 is 1.17 bits per heavy atom. The molecule has 0 aromatic rings. The van der Waals surface area contributed by atoms with E-state index in [1.807, 2.05) is 0 Å². The van der Waals surface area contributed by atoms with Crippen LogP contribution in [0.3, 0.4) is 0 Å². The summed E-state index contributed by atoms with van der Waals surface area (Å²) in [6.07, 6.45) is 0. The van der Waals surface area contributed by atoms with Gasteiger partial charge < -0.3 is 16.2 Å². The Labute approximate surface area is 83.5 Å². The van der Waals surface area contributed by atoms with E-state index in [-0.39, 0.29) is 6.15 Å². The molecule has 0 aliphatic carbocycles. The van der Waals surface area contributed by atoms with Gasteiger partial charge in [-0.2, -0.15) is 0 Å². The fraction of sp³-hybridized carbons (Fsp3) is 1.00. The third-order valence-electron chi connectivity index (χ3n) is 0.846. The fourth-order valence-electron chi connectivity index (χ4n) is 0.516. The molecule has 82 valence electrons. The molecule has 0 unspecified atom stereocenters. The Bertz CT molecular complexity index is 81.3. The van der Waals surface area contributed by atoms with Crippen LogP contribution in [-0.2, 0) is 19.5 Å². The summed E-state index contributed by atoms with van der Waals surface area (Å²) in [4.78, 5) is 0. The summed E-state index contributed by atoms with van der Waals surface area (Å²) in [5, 5.41) is 3.16. The first kappa shape index (κ1) is 15.5. The second kappa shape index (κ2) is 8.66. The van der Waals surface area contributed by atoms with Gasteiger partial charge >= 0.3 is 41.1 Å². The van der Waals surface area contributed by atoms with Gasteiger partial charge in [0.1, 0.15) is 0 Å². The molecule has 0 atom stereocenters. The van der Waals surface area contributed by atoms with Crippen LogP contribution in [0.25, 0.3) is 0 Å². The normalized spacial score (nSPS) is 18.3. The van der Waals surface area contributed by atoms with Gasteiger partial charge in [0.25, 0.3) is 0 Å². The molecule has 0 aromatic carbocycles. The van der Waals surface area contributed by atoms with Crippen LogP contribution >= 0.6 is 18.8 Å². The number of morpholine rings is 1. The second-order valence-corrected chi connectivity index (χ2v) is 10.5. The van der Waals surface area contributed by atoms with Gasteiger partial charge in [-0.3, -0.25) is 0 Å². The van der Waals surface area contributed by atoms with Crippen LogP contribution in [0.2, 0.25) is 0 Å². The molecular formula is C4H14Cl2N2O3Pt. The van der Waals surface area contributed by atoms with Gasteiger partial charge in [-0.25, -0.2) is 0 Å². The Morgan fingerprint density at radius 2 is 1.50 bits per heavy atom. The third kappa shape index (κ3) is 22.5. The average molecular weight is 404 g/mol. The van der Waals surface area contributed by atoms with Gasteiger partial charge in [0.05, 0.1) is 13.2 Å². The van der Waals surface area contributed by atoms with E-state index in [9.17, 15) is 0 Å². The van der Waals surface area contributed by atoms with E-state index in [1.54, 1.807) is 0 Å². The number of hydrogen-bond donors (Lipinski definition) is 4. The van der Waals surface area contributed by atoms with E-state index >= 15 is 0 Å². The van der Waals surface area contributed by atoms with Crippen LogP contribution < -0.4 is 11.5 Å². The monoisotopic (exact) mass is 403 g/mol. The van der Waals surface area contributed by atoms with Gasteiger partial charge in [0.15, 0.2) is 0 Å². The zero-order chi connectivity index (χ0) is 8.74. The first-order valence-electron chi connectivity index (χ1n) is 2.81. The van der Waals surface area contributed by atoms with Crippen molar-refractivity contribution in [3.05, 3.63) is 0 Å². The SMILES string of the molecule is C1COCCN1.N.[OH][Pt]([OH])([Cl])[Cl]. The van der Waals surface area contributed by atoms with Crippen LogP contribution in [0.1, 0.15) is 0 Å². The van der Waals surface area contributed by atoms with E-state index in [0.717, 1.165) is 26.3 Å². The summed E-state index contributed by atoms with van der Waals surface area (Å²) in [7, 11) is 9.17. The van der Waals surface area contributed by atoms with Crippen molar-refractivity contribution in [1.29, 1.82) is 0 Å². The zero-order valence-corrected chi connectivity index (χ0v) is 10.2. The van der Waals surface area contributed by atoms with Crippen LogP contribution in [0.4, 0.5) is 0 Å². The molecule has 6 N–H and O–H groups in total. The molecule has 0 spiro atoms. The predicted octanol–water partition coefficient (Wildman–Crippen LogP) is 0.0307. The number of rotatable bonds is 0. The van der Waals surface area contributed by atoms with Gasteiger partial charge in [-0.1, -0.05) is 0 Å². The summed E-state index contributed by atoms with van der Waals surface area (Å²) in [5.74, 6) is 0. The van der Waals surface area contributed by atoms with Gasteiger partial charge in [-0.15, -0.1) is 0 Å². The van der Waals surface area contributed by atoms with Crippen molar-refractivity contribution in [3.8, 4) is 0 Å². The zero-order valence-electron chi connectivity index (χ0n) is 6.41. The van der Waals surface area contributed by atoms with Crippen molar-refractivity contribution >= 4 is 18.8 Å².